The number of likely N-dealkylation sites (tertiary alicyclic amines) is 1. The monoisotopic (exact) mass is 519 g/mol. The quantitative estimate of drug-likeness (QED) is 0.530. The van der Waals surface area contributed by atoms with Gasteiger partial charge in [0.15, 0.2) is 0 Å². The molecule has 1 unspecified atom stereocenters. The zero-order valence-electron chi connectivity index (χ0n) is 21.2. The number of carboxylic acid groups (broad SMARTS) is 1. The molecule has 0 bridgehead atoms. The van der Waals surface area contributed by atoms with E-state index in [2.05, 4.69) is 23.1 Å². The molecule has 0 spiro atoms. The fourth-order valence-electron chi connectivity index (χ4n) is 5.07. The van der Waals surface area contributed by atoms with E-state index >= 15 is 0 Å². The number of nitrogens with two attached hydrogens (primary N) is 1. The summed E-state index contributed by atoms with van der Waals surface area (Å²) in [5.74, 6) is -2.55. The summed E-state index contributed by atoms with van der Waals surface area (Å²) in [6.07, 6.45) is 2.51. The standard InChI is InChI=1S/C26H35N3O.C2HF3O2/c1-2-26(30)29(22-10-4-3-5-11-22)19-23-12-6-7-16-28(23)18-20-14-15-24-21(17-20)9-8-13-25(24)27;3-2(4,5)1(6)7/h3-5,10-11,14-15,17,23,25H,2,6-9,12-13,16,18-19,27H2,1H3;(H,6,7)/t23?,25-;/m1./s1. The van der Waals surface area contributed by atoms with Gasteiger partial charge in [-0.15, -0.1) is 0 Å². The van der Waals surface area contributed by atoms with E-state index in [0.29, 0.717) is 12.5 Å². The highest BCUT2D eigenvalue weighted by molar-refractivity contribution is 5.93. The van der Waals surface area contributed by atoms with Crippen LogP contribution < -0.4 is 10.6 Å². The number of amides is 1. The summed E-state index contributed by atoms with van der Waals surface area (Å²) in [6.45, 7) is 4.78. The van der Waals surface area contributed by atoms with Gasteiger partial charge in [0.2, 0.25) is 5.91 Å². The molecule has 0 saturated carbocycles. The fraction of sp³-hybridized carbons (Fsp3) is 0.500. The maximum atomic E-state index is 12.7. The molecule has 3 N–H and O–H groups in total. The lowest BCUT2D eigenvalue weighted by molar-refractivity contribution is -0.192. The lowest BCUT2D eigenvalue weighted by atomic mass is 9.87. The number of hydrogen-bond donors (Lipinski definition) is 2. The summed E-state index contributed by atoms with van der Waals surface area (Å²) in [5, 5.41) is 7.12. The van der Waals surface area contributed by atoms with Gasteiger partial charge in [0.05, 0.1) is 0 Å². The number of aryl methyl sites for hydroxylation is 1. The highest BCUT2D eigenvalue weighted by Gasteiger charge is 2.38. The molecule has 2 aliphatic rings. The van der Waals surface area contributed by atoms with Crippen LogP contribution in [0.15, 0.2) is 48.5 Å². The van der Waals surface area contributed by atoms with Crippen LogP contribution in [0.3, 0.4) is 0 Å². The van der Waals surface area contributed by atoms with E-state index in [-0.39, 0.29) is 11.9 Å². The highest BCUT2D eigenvalue weighted by atomic mass is 19.4. The number of hydrogen-bond acceptors (Lipinski definition) is 4. The van der Waals surface area contributed by atoms with E-state index in [4.69, 9.17) is 15.6 Å². The smallest absolute Gasteiger partial charge is 0.475 e. The van der Waals surface area contributed by atoms with Gasteiger partial charge in [-0.2, -0.15) is 13.2 Å². The molecule has 202 valence electrons. The second kappa shape index (κ2) is 13.1. The molecule has 1 aliphatic carbocycles. The normalized spacial score (nSPS) is 19.8. The number of carbonyl (C=O) groups excluding carboxylic acids is 1. The van der Waals surface area contributed by atoms with Gasteiger partial charge in [0.1, 0.15) is 0 Å². The van der Waals surface area contributed by atoms with Crippen LogP contribution in [0.25, 0.3) is 0 Å². The van der Waals surface area contributed by atoms with E-state index < -0.39 is 12.1 Å². The maximum Gasteiger partial charge on any atom is 0.490 e. The number of piperidine rings is 1. The van der Waals surface area contributed by atoms with Crippen LogP contribution in [0.1, 0.15) is 68.2 Å². The molecule has 2 aromatic rings. The van der Waals surface area contributed by atoms with Crippen molar-refractivity contribution >= 4 is 17.6 Å². The third kappa shape index (κ3) is 8.04. The van der Waals surface area contributed by atoms with Gasteiger partial charge in [-0.25, -0.2) is 4.79 Å². The second-order valence-corrected chi connectivity index (χ2v) is 9.65. The van der Waals surface area contributed by atoms with Crippen LogP contribution in [0.4, 0.5) is 18.9 Å². The van der Waals surface area contributed by atoms with Crippen molar-refractivity contribution in [3.05, 3.63) is 65.2 Å². The number of halogens is 3. The third-order valence-corrected chi connectivity index (χ3v) is 7.01. The molecule has 1 aliphatic heterocycles. The summed E-state index contributed by atoms with van der Waals surface area (Å²) in [4.78, 5) is 26.2. The Labute approximate surface area is 216 Å². The predicted octanol–water partition coefficient (Wildman–Crippen LogP) is 5.45. The van der Waals surface area contributed by atoms with Gasteiger partial charge >= 0.3 is 12.1 Å². The number of carbonyl (C=O) groups is 2. The Morgan fingerprint density at radius 3 is 2.43 bits per heavy atom. The first-order chi connectivity index (χ1) is 17.6. The molecule has 9 heteroatoms. The van der Waals surface area contributed by atoms with E-state index in [0.717, 1.165) is 44.6 Å². The average Bonchev–Trinajstić information content (AvgIpc) is 2.88. The van der Waals surface area contributed by atoms with E-state index in [1.165, 1.54) is 36.0 Å². The van der Waals surface area contributed by atoms with E-state index in [9.17, 15) is 18.0 Å². The lowest BCUT2D eigenvalue weighted by Crippen LogP contribution is -2.48. The number of aliphatic carboxylic acids is 1. The molecular weight excluding hydrogens is 483 g/mol. The highest BCUT2D eigenvalue weighted by Crippen LogP contribution is 2.30. The summed E-state index contributed by atoms with van der Waals surface area (Å²) in [5.41, 5.74) is 11.5. The maximum absolute atomic E-state index is 12.7. The van der Waals surface area contributed by atoms with Gasteiger partial charge in [-0.3, -0.25) is 9.69 Å². The molecule has 1 amide bonds. The molecule has 1 heterocycles. The number of rotatable bonds is 6. The lowest BCUT2D eigenvalue weighted by Gasteiger charge is -2.39. The van der Waals surface area contributed by atoms with Crippen LogP contribution >= 0.6 is 0 Å². The van der Waals surface area contributed by atoms with Gasteiger partial charge < -0.3 is 15.7 Å². The van der Waals surface area contributed by atoms with Crippen molar-refractivity contribution in [3.8, 4) is 0 Å². The zero-order chi connectivity index (χ0) is 27.0. The molecule has 37 heavy (non-hydrogen) atoms. The van der Waals surface area contributed by atoms with Gasteiger partial charge in [-0.1, -0.05) is 49.7 Å². The molecule has 6 nitrogen and oxygen atoms in total. The molecule has 4 rings (SSSR count). The molecule has 1 saturated heterocycles. The van der Waals surface area contributed by atoms with Crippen LogP contribution in [0.5, 0.6) is 0 Å². The number of benzene rings is 2. The molecule has 1 fully saturated rings. The first-order valence-corrected chi connectivity index (χ1v) is 12.9. The van der Waals surface area contributed by atoms with Gasteiger partial charge in [0.25, 0.3) is 0 Å². The Morgan fingerprint density at radius 2 is 1.78 bits per heavy atom. The second-order valence-electron chi connectivity index (χ2n) is 9.65. The summed E-state index contributed by atoms with van der Waals surface area (Å²) >= 11 is 0. The topological polar surface area (TPSA) is 86.9 Å². The minimum absolute atomic E-state index is 0.199. The number of alkyl halides is 3. The Morgan fingerprint density at radius 1 is 1.08 bits per heavy atom. The third-order valence-electron chi connectivity index (χ3n) is 7.01. The fourth-order valence-corrected chi connectivity index (χ4v) is 5.07. The Balaban J connectivity index is 0.000000479. The van der Waals surface area contributed by atoms with Crippen molar-refractivity contribution in [2.75, 3.05) is 18.0 Å². The van der Waals surface area contributed by atoms with Crippen LogP contribution in [0.2, 0.25) is 0 Å². The number of anilines is 1. The first kappa shape index (κ1) is 28.7. The first-order valence-electron chi connectivity index (χ1n) is 12.9. The van der Waals surface area contributed by atoms with E-state index in [1.807, 2.05) is 42.2 Å². The number of fused-ring (bicyclic) bond motifs is 1. The predicted molar refractivity (Wildman–Crippen MR) is 137 cm³/mol. The molecule has 0 aromatic heterocycles. The molecule has 2 atom stereocenters. The molecule has 2 aromatic carbocycles. The van der Waals surface area contributed by atoms with Crippen LogP contribution in [-0.4, -0.2) is 47.2 Å². The molecular formula is C28H36F3N3O3. The minimum Gasteiger partial charge on any atom is -0.475 e. The van der Waals surface area contributed by atoms with Crippen molar-refractivity contribution in [1.82, 2.24) is 4.90 Å². The zero-order valence-corrected chi connectivity index (χ0v) is 21.2. The summed E-state index contributed by atoms with van der Waals surface area (Å²) in [7, 11) is 0. The Bertz CT molecular complexity index is 1050. The Kier molecular flexibility index (Phi) is 10.1. The average molecular weight is 520 g/mol. The number of nitrogens with zero attached hydrogens (tertiary/aromatic N) is 2. The van der Waals surface area contributed by atoms with Crippen LogP contribution in [-0.2, 0) is 22.6 Å². The SMILES string of the molecule is CCC(=O)N(CC1CCCCN1Cc1ccc2c(c1)CCC[C@H]2N)c1ccccc1.O=C(O)C(F)(F)F. The van der Waals surface area contributed by atoms with Crippen molar-refractivity contribution in [1.29, 1.82) is 0 Å². The van der Waals surface area contributed by atoms with Crippen molar-refractivity contribution in [2.24, 2.45) is 5.73 Å². The van der Waals surface area contributed by atoms with Gasteiger partial charge in [0, 0.05) is 37.3 Å². The van der Waals surface area contributed by atoms with E-state index in [1.54, 1.807) is 0 Å². The molecule has 0 radical (unpaired) electrons. The number of para-hydroxylation sites is 1. The summed E-state index contributed by atoms with van der Waals surface area (Å²) in [6, 6.07) is 17.6. The summed E-state index contributed by atoms with van der Waals surface area (Å²) < 4.78 is 31.7. The van der Waals surface area contributed by atoms with Crippen molar-refractivity contribution in [3.63, 3.8) is 0 Å². The van der Waals surface area contributed by atoms with Crippen molar-refractivity contribution < 1.29 is 27.9 Å². The van der Waals surface area contributed by atoms with Gasteiger partial charge in [-0.05, 0) is 67.5 Å². The van der Waals surface area contributed by atoms with Crippen LogP contribution in [0, 0.1) is 0 Å². The number of carboxylic acids is 1. The minimum atomic E-state index is -5.08. The Hall–Kier alpha value is -2.91. The largest absolute Gasteiger partial charge is 0.490 e. The van der Waals surface area contributed by atoms with Crippen molar-refractivity contribution in [2.45, 2.75) is 76.7 Å².